The highest BCUT2D eigenvalue weighted by Gasteiger charge is 2.16. The van der Waals surface area contributed by atoms with Gasteiger partial charge in [-0.25, -0.2) is 4.98 Å². The van der Waals surface area contributed by atoms with Gasteiger partial charge in [-0.1, -0.05) is 22.0 Å². The Morgan fingerprint density at radius 1 is 1.15 bits per heavy atom. The maximum atomic E-state index is 12.6. The standard InChI is InChI=1S/C20H16BrN5O/c1-10(2)26-9-11(8-23-26)19-24-17-13-4-3-12(21)7-15(13)16-14(18(17)25-19)5-6-22-20(16)27/h3-10H,1-2H3,(H,22,27)(H,24,25). The van der Waals surface area contributed by atoms with E-state index in [-0.39, 0.29) is 11.6 Å². The lowest BCUT2D eigenvalue weighted by Crippen LogP contribution is -2.05. The van der Waals surface area contributed by atoms with Gasteiger partial charge >= 0.3 is 0 Å². The average molecular weight is 422 g/mol. The Balaban J connectivity index is 1.91. The zero-order chi connectivity index (χ0) is 18.7. The van der Waals surface area contributed by atoms with E-state index in [4.69, 9.17) is 4.98 Å². The molecule has 0 atom stereocenters. The predicted octanol–water partition coefficient (Wildman–Crippen LogP) is 4.76. The number of hydrogen-bond acceptors (Lipinski definition) is 3. The van der Waals surface area contributed by atoms with Crippen LogP contribution in [0.25, 0.3) is 44.0 Å². The topological polar surface area (TPSA) is 79.4 Å². The van der Waals surface area contributed by atoms with Crippen LogP contribution in [-0.2, 0) is 0 Å². The van der Waals surface area contributed by atoms with E-state index in [9.17, 15) is 4.79 Å². The van der Waals surface area contributed by atoms with Crippen molar-refractivity contribution >= 4 is 48.5 Å². The van der Waals surface area contributed by atoms with Gasteiger partial charge in [-0.05, 0) is 37.4 Å². The number of aromatic amines is 2. The first-order valence-electron chi connectivity index (χ1n) is 8.70. The van der Waals surface area contributed by atoms with Crippen LogP contribution in [0.1, 0.15) is 19.9 Å². The lowest BCUT2D eigenvalue weighted by molar-refractivity contribution is 0.532. The molecule has 0 amide bonds. The second-order valence-corrected chi connectivity index (χ2v) is 7.81. The molecule has 6 nitrogen and oxygen atoms in total. The van der Waals surface area contributed by atoms with Gasteiger partial charge in [-0.2, -0.15) is 5.10 Å². The van der Waals surface area contributed by atoms with Gasteiger partial charge in [0.1, 0.15) is 5.82 Å². The summed E-state index contributed by atoms with van der Waals surface area (Å²) in [6.07, 6.45) is 5.46. The number of pyridine rings is 1. The SMILES string of the molecule is CC(C)n1cc(-c2nc3c4cc[nH]c(=O)c4c4cc(Br)ccc4c3[nH]2)cn1. The highest BCUT2D eigenvalue weighted by atomic mass is 79.9. The highest BCUT2D eigenvalue weighted by Crippen LogP contribution is 2.35. The van der Waals surface area contributed by atoms with Crippen LogP contribution in [0, 0.1) is 0 Å². The minimum absolute atomic E-state index is 0.116. The molecule has 3 aromatic heterocycles. The smallest absolute Gasteiger partial charge is 0.256 e. The fraction of sp³-hybridized carbons (Fsp3) is 0.150. The Labute approximate surface area is 162 Å². The van der Waals surface area contributed by atoms with Crippen LogP contribution in [-0.4, -0.2) is 24.7 Å². The number of H-pyrrole nitrogens is 2. The van der Waals surface area contributed by atoms with Crippen LogP contribution in [0.4, 0.5) is 0 Å². The van der Waals surface area contributed by atoms with Crippen molar-refractivity contribution < 1.29 is 0 Å². The third kappa shape index (κ3) is 2.42. The lowest BCUT2D eigenvalue weighted by atomic mass is 10.0. The number of halogens is 1. The molecule has 0 fully saturated rings. The summed E-state index contributed by atoms with van der Waals surface area (Å²) >= 11 is 3.52. The van der Waals surface area contributed by atoms with Crippen LogP contribution in [0.3, 0.4) is 0 Å². The molecular formula is C20H16BrN5O. The van der Waals surface area contributed by atoms with Crippen molar-refractivity contribution in [1.29, 1.82) is 0 Å². The fourth-order valence-electron chi connectivity index (χ4n) is 3.53. The van der Waals surface area contributed by atoms with Gasteiger partial charge in [-0.15, -0.1) is 0 Å². The molecule has 3 heterocycles. The van der Waals surface area contributed by atoms with Crippen molar-refractivity contribution in [2.75, 3.05) is 0 Å². The molecule has 0 aliphatic rings. The van der Waals surface area contributed by atoms with Gasteiger partial charge in [0.2, 0.25) is 0 Å². The van der Waals surface area contributed by atoms with Crippen molar-refractivity contribution in [1.82, 2.24) is 24.7 Å². The molecule has 2 aromatic carbocycles. The van der Waals surface area contributed by atoms with E-state index in [2.05, 4.69) is 44.8 Å². The monoisotopic (exact) mass is 421 g/mol. The van der Waals surface area contributed by atoms with E-state index in [0.717, 1.165) is 43.1 Å². The molecule has 0 radical (unpaired) electrons. The average Bonchev–Trinajstić information content (AvgIpc) is 3.29. The summed E-state index contributed by atoms with van der Waals surface area (Å²) in [7, 11) is 0. The molecule has 5 aromatic rings. The first-order valence-corrected chi connectivity index (χ1v) is 9.49. The van der Waals surface area contributed by atoms with E-state index in [1.807, 2.05) is 41.3 Å². The summed E-state index contributed by atoms with van der Waals surface area (Å²) in [4.78, 5) is 23.6. The minimum Gasteiger partial charge on any atom is -0.337 e. The van der Waals surface area contributed by atoms with E-state index in [1.54, 1.807) is 6.20 Å². The summed E-state index contributed by atoms with van der Waals surface area (Å²) in [5.74, 6) is 0.744. The Morgan fingerprint density at radius 3 is 2.78 bits per heavy atom. The quantitative estimate of drug-likeness (QED) is 0.403. The summed E-state index contributed by atoms with van der Waals surface area (Å²) in [5.41, 5.74) is 2.51. The Morgan fingerprint density at radius 2 is 2.00 bits per heavy atom. The third-order valence-electron chi connectivity index (χ3n) is 4.84. The number of hydrogen-bond donors (Lipinski definition) is 2. The van der Waals surface area contributed by atoms with Gasteiger partial charge in [-0.3, -0.25) is 9.48 Å². The van der Waals surface area contributed by atoms with Gasteiger partial charge in [0.05, 0.1) is 28.2 Å². The van der Waals surface area contributed by atoms with Crippen LogP contribution in [0.15, 0.2) is 52.1 Å². The summed E-state index contributed by atoms with van der Waals surface area (Å²) in [6.45, 7) is 4.17. The number of rotatable bonds is 2. The molecule has 0 aliphatic carbocycles. The van der Waals surface area contributed by atoms with E-state index >= 15 is 0 Å². The highest BCUT2D eigenvalue weighted by molar-refractivity contribution is 9.10. The Kier molecular flexibility index (Phi) is 3.48. The number of imidazole rings is 1. The van der Waals surface area contributed by atoms with Crippen LogP contribution in [0.2, 0.25) is 0 Å². The van der Waals surface area contributed by atoms with Crippen molar-refractivity contribution in [3.05, 3.63) is 57.7 Å². The number of nitrogens with one attached hydrogen (secondary N) is 2. The summed E-state index contributed by atoms with van der Waals surface area (Å²) in [6, 6.07) is 8.14. The molecule has 0 saturated carbocycles. The van der Waals surface area contributed by atoms with E-state index in [1.165, 1.54) is 0 Å². The van der Waals surface area contributed by atoms with Gasteiger partial charge < -0.3 is 9.97 Å². The number of aromatic nitrogens is 5. The predicted molar refractivity (Wildman–Crippen MR) is 111 cm³/mol. The molecular weight excluding hydrogens is 406 g/mol. The molecule has 2 N–H and O–H groups in total. The Hall–Kier alpha value is -2.93. The molecule has 0 aliphatic heterocycles. The molecule has 0 spiro atoms. The number of fused-ring (bicyclic) bond motifs is 6. The lowest BCUT2D eigenvalue weighted by Gasteiger charge is -2.05. The molecule has 0 bridgehead atoms. The first-order chi connectivity index (χ1) is 13.0. The van der Waals surface area contributed by atoms with Crippen LogP contribution >= 0.6 is 15.9 Å². The zero-order valence-corrected chi connectivity index (χ0v) is 16.3. The van der Waals surface area contributed by atoms with Gasteiger partial charge in [0.25, 0.3) is 5.56 Å². The molecule has 0 saturated heterocycles. The number of benzene rings is 2. The normalized spacial score (nSPS) is 12.0. The maximum absolute atomic E-state index is 12.6. The molecule has 0 unspecified atom stereocenters. The van der Waals surface area contributed by atoms with Gasteiger partial charge in [0.15, 0.2) is 0 Å². The fourth-order valence-corrected chi connectivity index (χ4v) is 3.89. The first kappa shape index (κ1) is 16.3. The molecule has 7 heteroatoms. The van der Waals surface area contributed by atoms with Crippen molar-refractivity contribution in [3.8, 4) is 11.4 Å². The van der Waals surface area contributed by atoms with Crippen molar-refractivity contribution in [2.45, 2.75) is 19.9 Å². The van der Waals surface area contributed by atoms with Crippen LogP contribution in [0.5, 0.6) is 0 Å². The van der Waals surface area contributed by atoms with Gasteiger partial charge in [0, 0.05) is 33.7 Å². The van der Waals surface area contributed by atoms with Crippen molar-refractivity contribution in [2.24, 2.45) is 0 Å². The third-order valence-corrected chi connectivity index (χ3v) is 5.34. The second kappa shape index (κ2) is 5.79. The summed E-state index contributed by atoms with van der Waals surface area (Å²) < 4.78 is 2.83. The van der Waals surface area contributed by atoms with Crippen LogP contribution < -0.4 is 5.56 Å². The largest absolute Gasteiger partial charge is 0.337 e. The molecule has 27 heavy (non-hydrogen) atoms. The molecule has 134 valence electrons. The van der Waals surface area contributed by atoms with E-state index in [0.29, 0.717) is 5.39 Å². The number of nitrogens with zero attached hydrogens (tertiary/aromatic N) is 3. The van der Waals surface area contributed by atoms with Crippen molar-refractivity contribution in [3.63, 3.8) is 0 Å². The minimum atomic E-state index is -0.116. The molecule has 5 rings (SSSR count). The zero-order valence-electron chi connectivity index (χ0n) is 14.7. The second-order valence-electron chi connectivity index (χ2n) is 6.90. The maximum Gasteiger partial charge on any atom is 0.256 e. The summed E-state index contributed by atoms with van der Waals surface area (Å²) in [5, 5.41) is 7.75. The Bertz CT molecular complexity index is 1390. The van der Waals surface area contributed by atoms with E-state index < -0.39 is 0 Å².